The van der Waals surface area contributed by atoms with Crippen molar-refractivity contribution >= 4 is 17.8 Å². The fourth-order valence-corrected chi connectivity index (χ4v) is 2.27. The van der Waals surface area contributed by atoms with Crippen molar-refractivity contribution in [2.45, 2.75) is 13.3 Å². The van der Waals surface area contributed by atoms with Gasteiger partial charge in [0.25, 0.3) is 5.69 Å². The largest absolute Gasteiger partial charge is 0.494 e. The minimum Gasteiger partial charge on any atom is -0.494 e. The number of amides is 1. The Morgan fingerprint density at radius 3 is 2.68 bits per heavy atom. The zero-order chi connectivity index (χ0) is 20.4. The summed E-state index contributed by atoms with van der Waals surface area (Å²) in [5.41, 5.74) is 3.38. The number of ether oxygens (including phenoxy) is 2. The summed E-state index contributed by atoms with van der Waals surface area (Å²) in [4.78, 5) is 22.4. The van der Waals surface area contributed by atoms with Gasteiger partial charge in [-0.15, -0.1) is 6.42 Å². The van der Waals surface area contributed by atoms with Gasteiger partial charge in [-0.2, -0.15) is 5.10 Å². The van der Waals surface area contributed by atoms with Crippen molar-refractivity contribution in [2.24, 2.45) is 5.10 Å². The van der Waals surface area contributed by atoms with Crippen LogP contribution in [0.25, 0.3) is 0 Å². The van der Waals surface area contributed by atoms with E-state index in [1.807, 2.05) is 6.92 Å². The van der Waals surface area contributed by atoms with Gasteiger partial charge in [-0.3, -0.25) is 14.9 Å². The number of hydrogen-bond acceptors (Lipinski definition) is 6. The molecule has 8 heteroatoms. The van der Waals surface area contributed by atoms with Gasteiger partial charge in [-0.25, -0.2) is 5.43 Å². The molecule has 0 saturated heterocycles. The fraction of sp³-hybridized carbons (Fsp3) is 0.200. The second-order valence-electron chi connectivity index (χ2n) is 5.52. The van der Waals surface area contributed by atoms with E-state index in [2.05, 4.69) is 16.4 Å². The Balaban J connectivity index is 2.02. The first-order valence-corrected chi connectivity index (χ1v) is 8.41. The maximum Gasteiger partial charge on any atom is 0.270 e. The van der Waals surface area contributed by atoms with E-state index in [4.69, 9.17) is 15.9 Å². The summed E-state index contributed by atoms with van der Waals surface area (Å²) in [7, 11) is 0. The minimum atomic E-state index is -0.535. The Kier molecular flexibility index (Phi) is 7.54. The first-order valence-electron chi connectivity index (χ1n) is 8.41. The van der Waals surface area contributed by atoms with Crippen molar-refractivity contribution in [3.63, 3.8) is 0 Å². The molecule has 0 aliphatic heterocycles. The van der Waals surface area contributed by atoms with Crippen molar-refractivity contribution in [2.75, 3.05) is 13.2 Å². The first-order chi connectivity index (χ1) is 13.5. The van der Waals surface area contributed by atoms with E-state index in [1.165, 1.54) is 24.4 Å². The smallest absolute Gasteiger partial charge is 0.270 e. The molecular formula is C20H19N3O5. The number of nitro groups is 1. The van der Waals surface area contributed by atoms with Crippen LogP contribution in [-0.4, -0.2) is 30.3 Å². The topological polar surface area (TPSA) is 103 Å². The van der Waals surface area contributed by atoms with Crippen molar-refractivity contribution in [3.05, 3.63) is 63.7 Å². The number of carbonyl (C=O) groups excluding carboxylic acids is 1. The van der Waals surface area contributed by atoms with Crippen LogP contribution in [0.2, 0.25) is 0 Å². The lowest BCUT2D eigenvalue weighted by atomic mass is 10.1. The van der Waals surface area contributed by atoms with Gasteiger partial charge >= 0.3 is 0 Å². The number of hydrazone groups is 1. The van der Waals surface area contributed by atoms with Crippen LogP contribution in [0.5, 0.6) is 11.5 Å². The number of rotatable bonds is 9. The van der Waals surface area contributed by atoms with E-state index in [0.717, 1.165) is 11.3 Å². The average Bonchev–Trinajstić information content (AvgIpc) is 2.68. The zero-order valence-corrected chi connectivity index (χ0v) is 15.3. The van der Waals surface area contributed by atoms with Crippen LogP contribution in [0.15, 0.2) is 47.6 Å². The molecule has 2 aromatic rings. The maximum absolute atomic E-state index is 12.0. The SMILES string of the molecule is C#CCOc1ccc([N+](=O)[O-])cc1/C=N/NC(=O)Cc1ccc(OCC)cc1. The second-order valence-corrected chi connectivity index (χ2v) is 5.52. The Hall–Kier alpha value is -3.86. The standard InChI is InChI=1S/C20H19N3O5/c1-3-11-28-19-10-7-17(23(25)26)13-16(19)14-21-22-20(24)12-15-5-8-18(9-6-15)27-4-2/h1,5-10,13-14H,4,11-12H2,2H3,(H,22,24)/b21-14+. The Morgan fingerprint density at radius 2 is 2.04 bits per heavy atom. The second kappa shape index (κ2) is 10.3. The van der Waals surface area contributed by atoms with Crippen LogP contribution < -0.4 is 14.9 Å². The number of carbonyl (C=O) groups is 1. The zero-order valence-electron chi connectivity index (χ0n) is 15.3. The summed E-state index contributed by atoms with van der Waals surface area (Å²) in [6.07, 6.45) is 6.56. The highest BCUT2D eigenvalue weighted by Gasteiger charge is 2.11. The van der Waals surface area contributed by atoms with E-state index in [-0.39, 0.29) is 24.6 Å². The van der Waals surface area contributed by atoms with Crippen LogP contribution in [0.1, 0.15) is 18.1 Å². The predicted molar refractivity (Wildman–Crippen MR) is 104 cm³/mol. The Labute approximate surface area is 162 Å². The van der Waals surface area contributed by atoms with Gasteiger partial charge in [0, 0.05) is 17.7 Å². The highest BCUT2D eigenvalue weighted by Crippen LogP contribution is 2.22. The van der Waals surface area contributed by atoms with Gasteiger partial charge in [0.1, 0.15) is 18.1 Å². The minimum absolute atomic E-state index is 0.00273. The summed E-state index contributed by atoms with van der Waals surface area (Å²) in [6.45, 7) is 2.46. The number of non-ortho nitro benzene ring substituents is 1. The fourth-order valence-electron chi connectivity index (χ4n) is 2.27. The lowest BCUT2D eigenvalue weighted by Gasteiger charge is -2.06. The van der Waals surface area contributed by atoms with Crippen LogP contribution in [0.3, 0.4) is 0 Å². The molecule has 0 aliphatic carbocycles. The summed E-state index contributed by atoms with van der Waals surface area (Å²) in [6, 6.07) is 11.2. The molecule has 0 aromatic heterocycles. The van der Waals surface area contributed by atoms with Crippen molar-refractivity contribution in [1.29, 1.82) is 0 Å². The molecule has 144 valence electrons. The molecule has 2 rings (SSSR count). The molecule has 0 unspecified atom stereocenters. The van der Waals surface area contributed by atoms with Gasteiger partial charge in [0.05, 0.1) is 24.2 Å². The summed E-state index contributed by atoms with van der Waals surface area (Å²) in [5.74, 6) is 3.04. The summed E-state index contributed by atoms with van der Waals surface area (Å²) in [5, 5.41) is 14.8. The van der Waals surface area contributed by atoms with Gasteiger partial charge in [0.2, 0.25) is 5.91 Å². The number of nitrogens with one attached hydrogen (secondary N) is 1. The number of nitro benzene ring substituents is 1. The van der Waals surface area contributed by atoms with Crippen LogP contribution in [0.4, 0.5) is 5.69 Å². The average molecular weight is 381 g/mol. The van der Waals surface area contributed by atoms with E-state index in [0.29, 0.717) is 17.9 Å². The van der Waals surface area contributed by atoms with E-state index in [1.54, 1.807) is 24.3 Å². The van der Waals surface area contributed by atoms with Crippen molar-refractivity contribution in [1.82, 2.24) is 5.43 Å². The molecule has 8 nitrogen and oxygen atoms in total. The molecule has 0 saturated carbocycles. The summed E-state index contributed by atoms with van der Waals surface area (Å²) >= 11 is 0. The van der Waals surface area contributed by atoms with Gasteiger partial charge in [-0.05, 0) is 30.7 Å². The van der Waals surface area contributed by atoms with Crippen molar-refractivity contribution in [3.8, 4) is 23.8 Å². The third-order valence-corrected chi connectivity index (χ3v) is 3.51. The van der Waals surface area contributed by atoms with Crippen LogP contribution in [-0.2, 0) is 11.2 Å². The van der Waals surface area contributed by atoms with E-state index >= 15 is 0 Å². The molecule has 0 radical (unpaired) electrons. The number of terminal acetylenes is 1. The highest BCUT2D eigenvalue weighted by molar-refractivity contribution is 5.86. The number of hydrogen-bond donors (Lipinski definition) is 1. The molecule has 0 aliphatic rings. The normalized spacial score (nSPS) is 10.3. The van der Waals surface area contributed by atoms with E-state index < -0.39 is 4.92 Å². The first kappa shape index (κ1) is 20.5. The predicted octanol–water partition coefficient (Wildman–Crippen LogP) is 2.70. The van der Waals surface area contributed by atoms with Gasteiger partial charge in [0.15, 0.2) is 0 Å². The number of benzene rings is 2. The van der Waals surface area contributed by atoms with Gasteiger partial charge in [-0.1, -0.05) is 18.1 Å². The maximum atomic E-state index is 12.0. The molecule has 2 aromatic carbocycles. The molecular weight excluding hydrogens is 362 g/mol. The highest BCUT2D eigenvalue weighted by atomic mass is 16.6. The van der Waals surface area contributed by atoms with Crippen LogP contribution >= 0.6 is 0 Å². The molecule has 0 atom stereocenters. The lowest BCUT2D eigenvalue weighted by Crippen LogP contribution is -2.19. The molecule has 1 amide bonds. The molecule has 0 heterocycles. The quantitative estimate of drug-likeness (QED) is 0.311. The van der Waals surface area contributed by atoms with Gasteiger partial charge < -0.3 is 9.47 Å². The van der Waals surface area contributed by atoms with Crippen LogP contribution in [0, 0.1) is 22.5 Å². The summed E-state index contributed by atoms with van der Waals surface area (Å²) < 4.78 is 10.7. The number of nitrogens with zero attached hydrogens (tertiary/aromatic N) is 2. The monoisotopic (exact) mass is 381 g/mol. The third-order valence-electron chi connectivity index (χ3n) is 3.51. The molecule has 28 heavy (non-hydrogen) atoms. The van der Waals surface area contributed by atoms with Crippen molar-refractivity contribution < 1.29 is 19.2 Å². The Morgan fingerprint density at radius 1 is 1.29 bits per heavy atom. The molecule has 0 fully saturated rings. The lowest BCUT2D eigenvalue weighted by molar-refractivity contribution is -0.384. The molecule has 0 spiro atoms. The molecule has 0 bridgehead atoms. The molecule has 1 N–H and O–H groups in total. The third kappa shape index (κ3) is 6.14. The van der Waals surface area contributed by atoms with E-state index in [9.17, 15) is 14.9 Å². The Bertz CT molecular complexity index is 901.